The smallest absolute Gasteiger partial charge is 0.233 e. The molecule has 1 aliphatic heterocycles. The third-order valence-electron chi connectivity index (χ3n) is 5.86. The first-order chi connectivity index (χ1) is 14.2. The average Bonchev–Trinajstić information content (AvgIpc) is 3.13. The molecule has 3 aromatic rings. The number of ketones is 1. The number of Topliss-reactive ketones (excluding diaryl/α,β-unsaturated/α-hetero) is 1. The van der Waals surface area contributed by atoms with E-state index in [9.17, 15) is 4.79 Å². The molecule has 6 heteroatoms. The van der Waals surface area contributed by atoms with Crippen molar-refractivity contribution in [2.24, 2.45) is 0 Å². The van der Waals surface area contributed by atoms with Gasteiger partial charge in [-0.1, -0.05) is 23.4 Å². The highest BCUT2D eigenvalue weighted by atomic mass is 16.5. The van der Waals surface area contributed by atoms with Gasteiger partial charge in [-0.15, -0.1) is 0 Å². The second-order valence-corrected chi connectivity index (χ2v) is 7.55. The minimum Gasteiger partial charge on any atom is -0.497 e. The standard InChI is InChI=1S/C23H21N3O3/c1-13-20-21(15-4-3-9-24-12-15)22-18(25-23(20)29-26-13)10-16(11-19(22)27)14-5-7-17(28-2)8-6-14/h3-9,12,16,21,25H,10-11H2,1-2H3/t16-,21-/m1/s1. The number of allylic oxidation sites excluding steroid dienone is 2. The maximum Gasteiger partial charge on any atom is 0.233 e. The molecule has 0 saturated heterocycles. The highest BCUT2D eigenvalue weighted by Gasteiger charge is 2.41. The van der Waals surface area contributed by atoms with Crippen LogP contribution in [0.2, 0.25) is 0 Å². The number of aryl methyl sites for hydroxylation is 1. The molecule has 1 N–H and O–H groups in total. The van der Waals surface area contributed by atoms with Crippen LogP contribution in [-0.2, 0) is 4.79 Å². The Bertz CT molecular complexity index is 1100. The fourth-order valence-corrected chi connectivity index (χ4v) is 4.46. The van der Waals surface area contributed by atoms with Crippen molar-refractivity contribution in [3.8, 4) is 5.75 Å². The number of aromatic nitrogens is 2. The molecule has 0 bridgehead atoms. The van der Waals surface area contributed by atoms with E-state index in [1.54, 1.807) is 13.3 Å². The Balaban J connectivity index is 1.57. The molecule has 1 aromatic carbocycles. The lowest BCUT2D eigenvalue weighted by atomic mass is 9.72. The zero-order valence-corrected chi connectivity index (χ0v) is 16.3. The van der Waals surface area contributed by atoms with E-state index in [0.29, 0.717) is 12.3 Å². The second kappa shape index (κ2) is 6.88. The summed E-state index contributed by atoms with van der Waals surface area (Å²) in [5, 5.41) is 7.50. The number of fused-ring (bicyclic) bond motifs is 1. The van der Waals surface area contributed by atoms with E-state index < -0.39 is 0 Å². The summed E-state index contributed by atoms with van der Waals surface area (Å²) in [7, 11) is 1.65. The summed E-state index contributed by atoms with van der Waals surface area (Å²) in [4.78, 5) is 17.6. The monoisotopic (exact) mass is 387 g/mol. The Morgan fingerprint density at radius 3 is 2.69 bits per heavy atom. The van der Waals surface area contributed by atoms with Crippen LogP contribution in [0.4, 0.5) is 5.88 Å². The van der Waals surface area contributed by atoms with Crippen LogP contribution in [0.3, 0.4) is 0 Å². The summed E-state index contributed by atoms with van der Waals surface area (Å²) in [5.74, 6) is 1.49. The van der Waals surface area contributed by atoms with E-state index in [-0.39, 0.29) is 17.6 Å². The van der Waals surface area contributed by atoms with Gasteiger partial charge in [-0.3, -0.25) is 9.78 Å². The normalized spacial score (nSPS) is 20.7. The number of anilines is 1. The number of rotatable bonds is 3. The summed E-state index contributed by atoms with van der Waals surface area (Å²) < 4.78 is 10.8. The summed E-state index contributed by atoms with van der Waals surface area (Å²) in [6.07, 6.45) is 4.77. The van der Waals surface area contributed by atoms with Crippen molar-refractivity contribution >= 4 is 11.7 Å². The molecule has 2 aromatic heterocycles. The van der Waals surface area contributed by atoms with Gasteiger partial charge in [-0.2, -0.15) is 0 Å². The quantitative estimate of drug-likeness (QED) is 0.720. The Kier molecular flexibility index (Phi) is 4.19. The molecule has 3 heterocycles. The van der Waals surface area contributed by atoms with Crippen molar-refractivity contribution in [1.29, 1.82) is 0 Å². The van der Waals surface area contributed by atoms with Gasteiger partial charge < -0.3 is 14.6 Å². The Hall–Kier alpha value is -3.41. The van der Waals surface area contributed by atoms with Crippen molar-refractivity contribution in [2.75, 3.05) is 12.4 Å². The maximum atomic E-state index is 13.4. The van der Waals surface area contributed by atoms with E-state index in [1.165, 1.54) is 0 Å². The highest BCUT2D eigenvalue weighted by Crippen LogP contribution is 2.48. The molecule has 0 spiro atoms. The Labute approximate surface area is 168 Å². The first kappa shape index (κ1) is 17.7. The topological polar surface area (TPSA) is 77.2 Å². The molecule has 6 nitrogen and oxygen atoms in total. The third-order valence-corrected chi connectivity index (χ3v) is 5.86. The van der Waals surface area contributed by atoms with Gasteiger partial charge in [0.05, 0.1) is 18.4 Å². The number of methoxy groups -OCH3 is 1. The van der Waals surface area contributed by atoms with Gasteiger partial charge in [0.2, 0.25) is 5.88 Å². The lowest BCUT2D eigenvalue weighted by Crippen LogP contribution is -2.29. The molecular formula is C23H21N3O3. The molecule has 2 aliphatic rings. The summed E-state index contributed by atoms with van der Waals surface area (Å²) in [6, 6.07) is 11.9. The number of benzene rings is 1. The van der Waals surface area contributed by atoms with Gasteiger partial charge in [-0.05, 0) is 48.6 Å². The van der Waals surface area contributed by atoms with Gasteiger partial charge in [0.15, 0.2) is 5.78 Å². The Morgan fingerprint density at radius 1 is 1.14 bits per heavy atom. The average molecular weight is 387 g/mol. The fourth-order valence-electron chi connectivity index (χ4n) is 4.46. The first-order valence-electron chi connectivity index (χ1n) is 9.69. The summed E-state index contributed by atoms with van der Waals surface area (Å²) in [5.41, 5.74) is 5.54. The molecule has 2 atom stereocenters. The lowest BCUT2D eigenvalue weighted by Gasteiger charge is -2.34. The zero-order chi connectivity index (χ0) is 20.0. The van der Waals surface area contributed by atoms with Crippen LogP contribution in [0.25, 0.3) is 0 Å². The number of carbonyl (C=O) groups is 1. The van der Waals surface area contributed by atoms with Gasteiger partial charge in [0.25, 0.3) is 0 Å². The van der Waals surface area contributed by atoms with E-state index in [0.717, 1.165) is 45.8 Å². The molecule has 0 unspecified atom stereocenters. The first-order valence-corrected chi connectivity index (χ1v) is 9.69. The number of pyridine rings is 1. The van der Waals surface area contributed by atoms with Crippen LogP contribution in [0, 0.1) is 6.92 Å². The third kappa shape index (κ3) is 2.92. The van der Waals surface area contributed by atoms with Crippen LogP contribution in [0.1, 0.15) is 47.1 Å². The van der Waals surface area contributed by atoms with Crippen LogP contribution >= 0.6 is 0 Å². The minimum absolute atomic E-state index is 0.111. The number of nitrogens with one attached hydrogen (secondary N) is 1. The van der Waals surface area contributed by atoms with Crippen molar-refractivity contribution in [3.63, 3.8) is 0 Å². The predicted octanol–water partition coefficient (Wildman–Crippen LogP) is 4.34. The molecule has 29 heavy (non-hydrogen) atoms. The fraction of sp³-hybridized carbons (Fsp3) is 0.261. The van der Waals surface area contributed by atoms with Crippen LogP contribution in [-0.4, -0.2) is 23.0 Å². The van der Waals surface area contributed by atoms with E-state index in [4.69, 9.17) is 9.26 Å². The molecule has 1 aliphatic carbocycles. The molecule has 0 fully saturated rings. The summed E-state index contributed by atoms with van der Waals surface area (Å²) in [6.45, 7) is 1.91. The Morgan fingerprint density at radius 2 is 1.97 bits per heavy atom. The van der Waals surface area contributed by atoms with E-state index >= 15 is 0 Å². The molecule has 0 saturated carbocycles. The predicted molar refractivity (Wildman–Crippen MR) is 108 cm³/mol. The molecule has 0 amide bonds. The largest absolute Gasteiger partial charge is 0.497 e. The van der Waals surface area contributed by atoms with Crippen molar-refractivity contribution in [1.82, 2.24) is 10.1 Å². The van der Waals surface area contributed by atoms with Gasteiger partial charge in [-0.25, -0.2) is 0 Å². The van der Waals surface area contributed by atoms with E-state index in [2.05, 4.69) is 15.5 Å². The number of ether oxygens (including phenoxy) is 1. The highest BCUT2D eigenvalue weighted by molar-refractivity contribution is 6.01. The van der Waals surface area contributed by atoms with Crippen LogP contribution < -0.4 is 10.1 Å². The van der Waals surface area contributed by atoms with Crippen LogP contribution in [0.5, 0.6) is 5.75 Å². The van der Waals surface area contributed by atoms with Gasteiger partial charge in [0.1, 0.15) is 5.75 Å². The molecule has 5 rings (SSSR count). The SMILES string of the molecule is COc1ccc([C@H]2CC(=O)C3=C(C2)Nc2onc(C)c2[C@H]3c2cccnc2)cc1. The summed E-state index contributed by atoms with van der Waals surface area (Å²) >= 11 is 0. The van der Waals surface area contributed by atoms with Crippen molar-refractivity contribution in [2.45, 2.75) is 31.6 Å². The number of nitrogens with zero attached hydrogens (tertiary/aromatic N) is 2. The minimum atomic E-state index is -0.203. The lowest BCUT2D eigenvalue weighted by molar-refractivity contribution is -0.116. The van der Waals surface area contributed by atoms with Crippen molar-refractivity contribution < 1.29 is 14.1 Å². The second-order valence-electron chi connectivity index (χ2n) is 7.55. The number of hydrogen-bond donors (Lipinski definition) is 1. The molecular weight excluding hydrogens is 366 g/mol. The van der Waals surface area contributed by atoms with Gasteiger partial charge >= 0.3 is 0 Å². The van der Waals surface area contributed by atoms with E-state index in [1.807, 2.05) is 49.5 Å². The number of carbonyl (C=O) groups excluding carboxylic acids is 1. The van der Waals surface area contributed by atoms with Crippen molar-refractivity contribution in [3.05, 3.63) is 82.4 Å². The molecule has 146 valence electrons. The zero-order valence-electron chi connectivity index (χ0n) is 16.3. The van der Waals surface area contributed by atoms with Crippen LogP contribution in [0.15, 0.2) is 64.6 Å². The number of hydrogen-bond acceptors (Lipinski definition) is 6. The molecule has 0 radical (unpaired) electrons. The maximum absolute atomic E-state index is 13.4. The van der Waals surface area contributed by atoms with Gasteiger partial charge in [0, 0.05) is 36.0 Å².